The molecule has 0 spiro atoms. The Balaban J connectivity index is 2.23. The van der Waals surface area contributed by atoms with Crippen molar-refractivity contribution < 1.29 is 9.84 Å². The summed E-state index contributed by atoms with van der Waals surface area (Å²) in [6.45, 7) is 3.99. The average Bonchev–Trinajstić information content (AvgIpc) is 2.32. The first-order chi connectivity index (χ1) is 7.72. The van der Waals surface area contributed by atoms with Crippen molar-refractivity contribution >= 4 is 11.5 Å². The van der Waals surface area contributed by atoms with E-state index in [-0.39, 0.29) is 12.6 Å². The Morgan fingerprint density at radius 2 is 2.50 bits per heavy atom. The number of anilines is 2. The second kappa shape index (κ2) is 4.67. The summed E-state index contributed by atoms with van der Waals surface area (Å²) in [5, 5.41) is 9.27. The minimum atomic E-state index is -0.00993. The molecule has 0 saturated carbocycles. The molecule has 16 heavy (non-hydrogen) atoms. The number of hydrogen-bond acceptors (Lipinski definition) is 5. The maximum atomic E-state index is 9.27. The molecule has 2 heterocycles. The Morgan fingerprint density at radius 1 is 1.69 bits per heavy atom. The molecule has 0 bridgehead atoms. The van der Waals surface area contributed by atoms with Gasteiger partial charge < -0.3 is 20.5 Å². The normalized spacial score (nSPS) is 21.1. The SMILES string of the molecule is Cc1cc(N2CCOCC2CO)ncc1N. The molecular formula is C11H17N3O2. The number of ether oxygens (including phenoxy) is 1. The van der Waals surface area contributed by atoms with Gasteiger partial charge >= 0.3 is 0 Å². The zero-order chi connectivity index (χ0) is 11.5. The highest BCUT2D eigenvalue weighted by molar-refractivity contribution is 5.52. The van der Waals surface area contributed by atoms with Crippen LogP contribution in [0.4, 0.5) is 11.5 Å². The van der Waals surface area contributed by atoms with Crippen LogP contribution in [0.3, 0.4) is 0 Å². The van der Waals surface area contributed by atoms with Gasteiger partial charge in [0.15, 0.2) is 0 Å². The lowest BCUT2D eigenvalue weighted by molar-refractivity contribution is 0.0723. The minimum Gasteiger partial charge on any atom is -0.397 e. The first-order valence-electron chi connectivity index (χ1n) is 5.39. The number of rotatable bonds is 2. The molecule has 5 heteroatoms. The number of nitrogens with two attached hydrogens (primary N) is 1. The summed E-state index contributed by atoms with van der Waals surface area (Å²) in [6, 6.07) is 1.94. The molecule has 0 aromatic carbocycles. The van der Waals surface area contributed by atoms with Crippen LogP contribution in [0.25, 0.3) is 0 Å². The van der Waals surface area contributed by atoms with Gasteiger partial charge in [-0.3, -0.25) is 0 Å². The van der Waals surface area contributed by atoms with Crippen molar-refractivity contribution in [3.05, 3.63) is 17.8 Å². The lowest BCUT2D eigenvalue weighted by Gasteiger charge is -2.35. The fraction of sp³-hybridized carbons (Fsp3) is 0.545. The van der Waals surface area contributed by atoms with E-state index in [4.69, 9.17) is 10.5 Å². The van der Waals surface area contributed by atoms with E-state index in [9.17, 15) is 5.11 Å². The third-order valence-corrected chi connectivity index (χ3v) is 2.87. The molecule has 1 saturated heterocycles. The average molecular weight is 223 g/mol. The van der Waals surface area contributed by atoms with Gasteiger partial charge in [-0.2, -0.15) is 0 Å². The number of pyridine rings is 1. The summed E-state index contributed by atoms with van der Waals surface area (Å²) in [6.07, 6.45) is 1.66. The second-order valence-electron chi connectivity index (χ2n) is 4.00. The van der Waals surface area contributed by atoms with Crippen LogP contribution in [-0.4, -0.2) is 42.5 Å². The maximum absolute atomic E-state index is 9.27. The summed E-state index contributed by atoms with van der Waals surface area (Å²) >= 11 is 0. The molecular weight excluding hydrogens is 206 g/mol. The molecule has 1 aromatic heterocycles. The molecule has 0 aliphatic carbocycles. The van der Waals surface area contributed by atoms with Crippen LogP contribution in [0.1, 0.15) is 5.56 Å². The lowest BCUT2D eigenvalue weighted by atomic mass is 10.2. The van der Waals surface area contributed by atoms with Crippen molar-refractivity contribution in [2.75, 3.05) is 37.0 Å². The number of aliphatic hydroxyl groups excluding tert-OH is 1. The van der Waals surface area contributed by atoms with E-state index in [1.54, 1.807) is 6.20 Å². The zero-order valence-electron chi connectivity index (χ0n) is 9.39. The summed E-state index contributed by atoms with van der Waals surface area (Å²) in [7, 11) is 0. The highest BCUT2D eigenvalue weighted by atomic mass is 16.5. The largest absolute Gasteiger partial charge is 0.397 e. The summed E-state index contributed by atoms with van der Waals surface area (Å²) in [4.78, 5) is 6.36. The molecule has 2 rings (SSSR count). The minimum absolute atomic E-state index is 0.00993. The summed E-state index contributed by atoms with van der Waals surface area (Å²) in [5.74, 6) is 0.856. The molecule has 88 valence electrons. The van der Waals surface area contributed by atoms with Crippen LogP contribution < -0.4 is 10.6 Å². The van der Waals surface area contributed by atoms with E-state index < -0.39 is 0 Å². The van der Waals surface area contributed by atoms with Crippen LogP contribution in [-0.2, 0) is 4.74 Å². The second-order valence-corrected chi connectivity index (χ2v) is 4.00. The van der Waals surface area contributed by atoms with Gasteiger partial charge in [-0.05, 0) is 18.6 Å². The quantitative estimate of drug-likeness (QED) is 0.748. The molecule has 1 fully saturated rings. The highest BCUT2D eigenvalue weighted by Crippen LogP contribution is 2.20. The maximum Gasteiger partial charge on any atom is 0.129 e. The Kier molecular flexibility index (Phi) is 3.26. The van der Waals surface area contributed by atoms with Crippen LogP contribution in [0, 0.1) is 6.92 Å². The Labute approximate surface area is 94.8 Å². The van der Waals surface area contributed by atoms with Gasteiger partial charge in [-0.25, -0.2) is 4.98 Å². The Hall–Kier alpha value is -1.33. The van der Waals surface area contributed by atoms with E-state index in [2.05, 4.69) is 9.88 Å². The van der Waals surface area contributed by atoms with Crippen LogP contribution in [0.5, 0.6) is 0 Å². The predicted molar refractivity (Wildman–Crippen MR) is 62.4 cm³/mol. The van der Waals surface area contributed by atoms with Gasteiger partial charge in [0.1, 0.15) is 5.82 Å². The monoisotopic (exact) mass is 223 g/mol. The number of aliphatic hydroxyl groups is 1. The van der Waals surface area contributed by atoms with Crippen molar-refractivity contribution in [2.45, 2.75) is 13.0 Å². The number of nitrogen functional groups attached to an aromatic ring is 1. The van der Waals surface area contributed by atoms with Gasteiger partial charge in [-0.15, -0.1) is 0 Å². The topological polar surface area (TPSA) is 71.6 Å². The molecule has 1 atom stereocenters. The van der Waals surface area contributed by atoms with Gasteiger partial charge in [0, 0.05) is 6.54 Å². The summed E-state index contributed by atoms with van der Waals surface area (Å²) in [5.41, 5.74) is 7.43. The molecule has 1 aliphatic rings. The predicted octanol–water partition coefficient (Wildman–Crippen LogP) is 0.170. The van der Waals surface area contributed by atoms with Crippen molar-refractivity contribution in [2.24, 2.45) is 0 Å². The third-order valence-electron chi connectivity index (χ3n) is 2.87. The zero-order valence-corrected chi connectivity index (χ0v) is 9.39. The smallest absolute Gasteiger partial charge is 0.129 e. The van der Waals surface area contributed by atoms with Gasteiger partial charge in [0.05, 0.1) is 37.7 Å². The van der Waals surface area contributed by atoms with Crippen LogP contribution in [0.15, 0.2) is 12.3 Å². The molecule has 1 unspecified atom stereocenters. The fourth-order valence-corrected chi connectivity index (χ4v) is 1.82. The van der Waals surface area contributed by atoms with E-state index in [1.165, 1.54) is 0 Å². The first kappa shape index (κ1) is 11.2. The van der Waals surface area contributed by atoms with E-state index in [0.29, 0.717) is 18.9 Å². The van der Waals surface area contributed by atoms with Crippen LogP contribution >= 0.6 is 0 Å². The van der Waals surface area contributed by atoms with E-state index in [1.807, 2.05) is 13.0 Å². The van der Waals surface area contributed by atoms with Crippen molar-refractivity contribution in [1.82, 2.24) is 4.98 Å². The van der Waals surface area contributed by atoms with Gasteiger partial charge in [0.2, 0.25) is 0 Å². The molecule has 1 aromatic rings. The number of aryl methyl sites for hydroxylation is 1. The molecule has 3 N–H and O–H groups in total. The van der Waals surface area contributed by atoms with Crippen LogP contribution in [0.2, 0.25) is 0 Å². The number of aromatic nitrogens is 1. The standard InChI is InChI=1S/C11H17N3O2/c1-8-4-11(13-5-10(8)12)14-2-3-16-7-9(14)6-15/h4-5,9,15H,2-3,6-7,12H2,1H3. The third kappa shape index (κ3) is 2.10. The van der Waals surface area contributed by atoms with Gasteiger partial charge in [0.25, 0.3) is 0 Å². The van der Waals surface area contributed by atoms with Crippen molar-refractivity contribution in [3.63, 3.8) is 0 Å². The van der Waals surface area contributed by atoms with Crippen molar-refractivity contribution in [3.8, 4) is 0 Å². The molecule has 5 nitrogen and oxygen atoms in total. The lowest BCUT2D eigenvalue weighted by Crippen LogP contribution is -2.48. The number of hydrogen-bond donors (Lipinski definition) is 2. The molecule has 0 radical (unpaired) electrons. The Bertz CT molecular complexity index is 370. The fourth-order valence-electron chi connectivity index (χ4n) is 1.82. The Morgan fingerprint density at radius 3 is 3.19 bits per heavy atom. The molecule has 0 amide bonds. The highest BCUT2D eigenvalue weighted by Gasteiger charge is 2.23. The number of nitrogens with zero attached hydrogens (tertiary/aromatic N) is 2. The first-order valence-corrected chi connectivity index (χ1v) is 5.39. The molecule has 1 aliphatic heterocycles. The summed E-state index contributed by atoms with van der Waals surface area (Å²) < 4.78 is 5.32. The van der Waals surface area contributed by atoms with Gasteiger partial charge in [-0.1, -0.05) is 0 Å². The van der Waals surface area contributed by atoms with E-state index >= 15 is 0 Å². The van der Waals surface area contributed by atoms with Crippen molar-refractivity contribution in [1.29, 1.82) is 0 Å². The van der Waals surface area contributed by atoms with E-state index in [0.717, 1.165) is 17.9 Å². The number of morpholine rings is 1.